The molecule has 28 heavy (non-hydrogen) atoms. The molecule has 2 bridgehead atoms. The Morgan fingerprint density at radius 1 is 1.36 bits per heavy atom. The van der Waals surface area contributed by atoms with E-state index in [1.165, 1.54) is 11.3 Å². The lowest BCUT2D eigenvalue weighted by molar-refractivity contribution is 0.00955. The molecular formula is C19H20FN5O2S. The fraction of sp³-hybridized carbons (Fsp3) is 0.421. The van der Waals surface area contributed by atoms with Crippen LogP contribution in [0.15, 0.2) is 36.9 Å². The number of aromatic hydroxyl groups is 1. The normalized spacial score (nSPS) is 31.4. The van der Waals surface area contributed by atoms with Crippen molar-refractivity contribution in [1.82, 2.24) is 25.1 Å². The number of fused-ring (bicyclic) bond motifs is 2. The van der Waals surface area contributed by atoms with Gasteiger partial charge in [-0.1, -0.05) is 23.4 Å². The molecule has 3 heterocycles. The van der Waals surface area contributed by atoms with E-state index in [2.05, 4.69) is 20.5 Å². The second kappa shape index (κ2) is 5.99. The highest BCUT2D eigenvalue weighted by molar-refractivity contribution is 7.16. The van der Waals surface area contributed by atoms with Crippen LogP contribution in [0.3, 0.4) is 0 Å². The molecule has 146 valence electrons. The monoisotopic (exact) mass is 401 g/mol. The summed E-state index contributed by atoms with van der Waals surface area (Å²) in [6.45, 7) is 4.66. The van der Waals surface area contributed by atoms with Crippen molar-refractivity contribution in [3.63, 3.8) is 0 Å². The van der Waals surface area contributed by atoms with Gasteiger partial charge in [0.25, 0.3) is 5.19 Å². The lowest BCUT2D eigenvalue weighted by Gasteiger charge is -2.35. The van der Waals surface area contributed by atoms with Crippen molar-refractivity contribution in [2.75, 3.05) is 6.54 Å². The van der Waals surface area contributed by atoms with Crippen LogP contribution in [0.1, 0.15) is 20.3 Å². The molecule has 1 aliphatic heterocycles. The first-order valence-corrected chi connectivity index (χ1v) is 9.91. The van der Waals surface area contributed by atoms with Crippen LogP contribution in [0.2, 0.25) is 0 Å². The average Bonchev–Trinajstić information content (AvgIpc) is 3.42. The topological polar surface area (TPSA) is 85.1 Å². The van der Waals surface area contributed by atoms with E-state index in [-0.39, 0.29) is 11.2 Å². The Hall–Kier alpha value is -2.52. The largest absolute Gasteiger partial charge is 0.507 e. The number of ether oxygens (including phenoxy) is 1. The van der Waals surface area contributed by atoms with Crippen LogP contribution in [-0.4, -0.2) is 49.2 Å². The van der Waals surface area contributed by atoms with E-state index in [9.17, 15) is 9.50 Å². The van der Waals surface area contributed by atoms with Gasteiger partial charge in [-0.2, -0.15) is 0 Å². The van der Waals surface area contributed by atoms with Crippen LogP contribution >= 0.6 is 11.3 Å². The number of piperidine rings is 1. The van der Waals surface area contributed by atoms with Crippen LogP contribution < -0.4 is 10.1 Å². The average molecular weight is 401 g/mol. The zero-order valence-electron chi connectivity index (χ0n) is 15.5. The van der Waals surface area contributed by atoms with Crippen molar-refractivity contribution in [3.8, 4) is 27.2 Å². The van der Waals surface area contributed by atoms with Gasteiger partial charge in [0.15, 0.2) is 11.2 Å². The van der Waals surface area contributed by atoms with Crippen molar-refractivity contribution in [2.45, 2.75) is 38.1 Å². The number of rotatable bonds is 4. The number of halogens is 1. The molecule has 3 aromatic rings. The van der Waals surface area contributed by atoms with Gasteiger partial charge in [0.2, 0.25) is 0 Å². The number of nitrogens with one attached hydrogen (secondary N) is 1. The summed E-state index contributed by atoms with van der Waals surface area (Å²) in [7, 11) is 0. The smallest absolute Gasteiger partial charge is 0.294 e. The molecule has 0 radical (unpaired) electrons. The molecule has 2 N–H and O–H groups in total. The number of imidazole rings is 1. The fourth-order valence-corrected chi connectivity index (χ4v) is 5.16. The fourth-order valence-electron chi connectivity index (χ4n) is 4.40. The summed E-state index contributed by atoms with van der Waals surface area (Å²) in [5.74, 6) is 0.0841. The van der Waals surface area contributed by atoms with Gasteiger partial charge in [-0.3, -0.25) is 0 Å². The SMILES string of the molecule is C[C@]12CN[C@](C)(C1)[C@H](F)[C@@H]2Oc1nnc(-c2ccc(-n3ccnc3)cc2O)s1. The molecule has 2 aromatic heterocycles. The van der Waals surface area contributed by atoms with Crippen molar-refractivity contribution in [2.24, 2.45) is 5.41 Å². The number of hydrogen-bond acceptors (Lipinski definition) is 7. The second-order valence-electron chi connectivity index (χ2n) is 8.09. The van der Waals surface area contributed by atoms with Gasteiger partial charge in [0.1, 0.15) is 11.9 Å². The Balaban J connectivity index is 1.38. The maximum Gasteiger partial charge on any atom is 0.294 e. The summed E-state index contributed by atoms with van der Waals surface area (Å²) >= 11 is 1.21. The molecule has 0 amide bonds. The van der Waals surface area contributed by atoms with E-state index in [0.29, 0.717) is 15.8 Å². The molecule has 1 aromatic carbocycles. The Bertz CT molecular complexity index is 1030. The molecule has 2 fully saturated rings. The molecule has 9 heteroatoms. The molecule has 5 rings (SSSR count). The minimum absolute atomic E-state index is 0.0841. The zero-order valence-corrected chi connectivity index (χ0v) is 16.3. The van der Waals surface area contributed by atoms with Crippen molar-refractivity contribution < 1.29 is 14.2 Å². The number of nitrogens with zero attached hydrogens (tertiary/aromatic N) is 4. The summed E-state index contributed by atoms with van der Waals surface area (Å²) in [4.78, 5) is 4.00. The summed E-state index contributed by atoms with van der Waals surface area (Å²) in [5, 5.41) is 22.8. The highest BCUT2D eigenvalue weighted by Crippen LogP contribution is 2.52. The quantitative estimate of drug-likeness (QED) is 0.699. The summed E-state index contributed by atoms with van der Waals surface area (Å²) in [6.07, 6.45) is 4.18. The third-order valence-electron chi connectivity index (χ3n) is 5.88. The molecule has 7 nitrogen and oxygen atoms in total. The molecule has 1 saturated carbocycles. The van der Waals surface area contributed by atoms with Crippen LogP contribution in [0.4, 0.5) is 4.39 Å². The maximum absolute atomic E-state index is 14.9. The first-order chi connectivity index (χ1) is 13.4. The van der Waals surface area contributed by atoms with Crippen LogP contribution in [0.25, 0.3) is 16.3 Å². The van der Waals surface area contributed by atoms with Crippen LogP contribution in [0.5, 0.6) is 10.9 Å². The Morgan fingerprint density at radius 3 is 2.89 bits per heavy atom. The minimum Gasteiger partial charge on any atom is -0.507 e. The molecular weight excluding hydrogens is 381 g/mol. The molecule has 0 spiro atoms. The van der Waals surface area contributed by atoms with Crippen LogP contribution in [0, 0.1) is 5.41 Å². The number of benzene rings is 1. The summed E-state index contributed by atoms with van der Waals surface area (Å²) < 4.78 is 22.6. The Labute approximate surface area is 165 Å². The molecule has 0 unspecified atom stereocenters. The van der Waals surface area contributed by atoms with Crippen molar-refractivity contribution in [1.29, 1.82) is 0 Å². The molecule has 2 aliphatic rings. The van der Waals surface area contributed by atoms with Gasteiger partial charge in [0, 0.05) is 30.4 Å². The Kier molecular flexibility index (Phi) is 3.76. The third kappa shape index (κ3) is 2.61. The predicted octanol–water partition coefficient (Wildman–Crippen LogP) is 2.95. The van der Waals surface area contributed by atoms with Gasteiger partial charge in [-0.15, -0.1) is 5.10 Å². The first kappa shape index (κ1) is 17.6. The number of hydrogen-bond donors (Lipinski definition) is 2. The number of phenolic OH excluding ortho intramolecular Hbond substituents is 1. The summed E-state index contributed by atoms with van der Waals surface area (Å²) in [5.41, 5.74) is 0.527. The van der Waals surface area contributed by atoms with Gasteiger partial charge < -0.3 is 19.7 Å². The predicted molar refractivity (Wildman–Crippen MR) is 103 cm³/mol. The Morgan fingerprint density at radius 2 is 2.21 bits per heavy atom. The molecule has 4 atom stereocenters. The molecule has 1 saturated heterocycles. The van der Waals surface area contributed by atoms with E-state index in [1.54, 1.807) is 35.4 Å². The standard InChI is InChI=1S/C19H20FN5O2S/c1-18-8-19(2,22-9-18)14(20)15(18)27-17-24-23-16(28-17)12-4-3-11(7-13(12)26)25-6-5-21-10-25/h3-7,10,14-15,22,26H,8-9H2,1-2H3/t14-,15+,18-,19-/m1/s1. The zero-order chi connectivity index (χ0) is 19.5. The lowest BCUT2D eigenvalue weighted by atomic mass is 9.87. The van der Waals surface area contributed by atoms with Gasteiger partial charge >= 0.3 is 0 Å². The minimum atomic E-state index is -1.11. The van der Waals surface area contributed by atoms with Gasteiger partial charge in [0.05, 0.1) is 23.1 Å². The molecule has 1 aliphatic carbocycles. The van der Waals surface area contributed by atoms with Crippen molar-refractivity contribution >= 4 is 11.3 Å². The van der Waals surface area contributed by atoms with Gasteiger partial charge in [-0.05, 0) is 25.5 Å². The van der Waals surface area contributed by atoms with E-state index in [0.717, 1.165) is 18.7 Å². The second-order valence-corrected chi connectivity index (χ2v) is 9.03. The van der Waals surface area contributed by atoms with Crippen LogP contribution in [-0.2, 0) is 0 Å². The lowest BCUT2D eigenvalue weighted by Crippen LogP contribution is -2.55. The van der Waals surface area contributed by atoms with Gasteiger partial charge in [-0.25, -0.2) is 9.37 Å². The third-order valence-corrected chi connectivity index (χ3v) is 6.72. The van der Waals surface area contributed by atoms with Crippen molar-refractivity contribution in [3.05, 3.63) is 36.9 Å². The highest BCUT2D eigenvalue weighted by atomic mass is 32.1. The summed E-state index contributed by atoms with van der Waals surface area (Å²) in [6, 6.07) is 5.27. The maximum atomic E-state index is 14.9. The number of aromatic nitrogens is 4. The van der Waals surface area contributed by atoms with E-state index < -0.39 is 17.8 Å². The highest BCUT2D eigenvalue weighted by Gasteiger charge is 2.64. The number of alkyl halides is 1. The van der Waals surface area contributed by atoms with E-state index >= 15 is 0 Å². The number of phenols is 1. The van der Waals surface area contributed by atoms with E-state index in [1.807, 2.05) is 19.9 Å². The first-order valence-electron chi connectivity index (χ1n) is 9.09. The van der Waals surface area contributed by atoms with E-state index in [4.69, 9.17) is 4.74 Å².